The number of hydrogen-bond donors (Lipinski definition) is 2. The first-order chi connectivity index (χ1) is 15.0. The van der Waals surface area contributed by atoms with Crippen LogP contribution in [0.15, 0.2) is 40.7 Å². The Morgan fingerprint density at radius 1 is 1.32 bits per heavy atom. The molecule has 31 heavy (non-hydrogen) atoms. The van der Waals surface area contributed by atoms with Gasteiger partial charge in [-0.15, -0.1) is 11.3 Å². The van der Waals surface area contributed by atoms with Gasteiger partial charge < -0.3 is 25.0 Å². The van der Waals surface area contributed by atoms with Crippen LogP contribution in [0.4, 0.5) is 0 Å². The lowest BCUT2D eigenvalue weighted by molar-refractivity contribution is -0.127. The number of carbonyl (C=O) groups excluding carboxylic acids is 1. The Balaban J connectivity index is 1.66. The highest BCUT2D eigenvalue weighted by molar-refractivity contribution is 7.09. The molecular formula is C23H32N4O3S. The number of amides is 1. The summed E-state index contributed by atoms with van der Waals surface area (Å²) in [6.45, 7) is 4.80. The van der Waals surface area contributed by atoms with Crippen LogP contribution in [-0.2, 0) is 22.5 Å². The lowest BCUT2D eigenvalue weighted by atomic mass is 10.1. The van der Waals surface area contributed by atoms with E-state index in [-0.39, 0.29) is 18.6 Å². The molecule has 2 aromatic rings. The Kier molecular flexibility index (Phi) is 8.73. The fourth-order valence-corrected chi connectivity index (χ4v) is 3.81. The van der Waals surface area contributed by atoms with Gasteiger partial charge in [0.05, 0.1) is 26.3 Å². The van der Waals surface area contributed by atoms with Gasteiger partial charge in [-0.3, -0.25) is 4.79 Å². The molecule has 1 aliphatic heterocycles. The maximum atomic E-state index is 12.0. The maximum absolute atomic E-state index is 12.0. The summed E-state index contributed by atoms with van der Waals surface area (Å²) < 4.78 is 11.6. The van der Waals surface area contributed by atoms with Crippen molar-refractivity contribution in [2.45, 2.75) is 32.4 Å². The van der Waals surface area contributed by atoms with Crippen molar-refractivity contribution >= 4 is 23.2 Å². The zero-order valence-corrected chi connectivity index (χ0v) is 19.3. The molecule has 0 radical (unpaired) electrons. The third-order valence-electron chi connectivity index (χ3n) is 4.96. The van der Waals surface area contributed by atoms with E-state index in [0.717, 1.165) is 42.9 Å². The predicted octanol–water partition coefficient (Wildman–Crippen LogP) is 2.59. The molecule has 0 spiro atoms. The summed E-state index contributed by atoms with van der Waals surface area (Å²) in [5.41, 5.74) is 2.15. The second-order valence-electron chi connectivity index (χ2n) is 7.78. The van der Waals surface area contributed by atoms with Crippen molar-refractivity contribution in [3.05, 3.63) is 51.7 Å². The quantitative estimate of drug-likeness (QED) is 0.459. The minimum Gasteiger partial charge on any atom is -0.488 e. The van der Waals surface area contributed by atoms with Gasteiger partial charge in [-0.05, 0) is 36.4 Å². The molecule has 1 atom stereocenters. The van der Waals surface area contributed by atoms with Gasteiger partial charge in [0.1, 0.15) is 11.9 Å². The third kappa shape index (κ3) is 7.56. The fourth-order valence-electron chi connectivity index (χ4n) is 3.10. The van der Waals surface area contributed by atoms with Crippen molar-refractivity contribution < 1.29 is 14.3 Å². The van der Waals surface area contributed by atoms with Gasteiger partial charge in [0.15, 0.2) is 5.96 Å². The van der Waals surface area contributed by atoms with E-state index in [9.17, 15) is 4.79 Å². The molecule has 1 aromatic carbocycles. The number of benzene rings is 1. The molecule has 0 saturated carbocycles. The molecule has 1 amide bonds. The summed E-state index contributed by atoms with van der Waals surface area (Å²) >= 11 is 1.74. The van der Waals surface area contributed by atoms with Gasteiger partial charge in [-0.2, -0.15) is 0 Å². The Hall–Kier alpha value is -2.58. The summed E-state index contributed by atoms with van der Waals surface area (Å²) in [6.07, 6.45) is 1.89. The van der Waals surface area contributed by atoms with Gasteiger partial charge in [-0.25, -0.2) is 4.99 Å². The number of likely N-dealkylation sites (N-methyl/N-ethyl adjacent to an activating group) is 1. The molecule has 0 bridgehead atoms. The molecule has 8 heteroatoms. The summed E-state index contributed by atoms with van der Waals surface area (Å²) in [5.74, 6) is 1.46. The third-order valence-corrected chi connectivity index (χ3v) is 5.90. The smallest absolute Gasteiger partial charge is 0.241 e. The summed E-state index contributed by atoms with van der Waals surface area (Å²) in [7, 11) is 3.49. The van der Waals surface area contributed by atoms with Crippen LogP contribution >= 0.6 is 11.3 Å². The number of guanidine groups is 1. The summed E-state index contributed by atoms with van der Waals surface area (Å²) in [4.78, 5) is 19.6. The van der Waals surface area contributed by atoms with Gasteiger partial charge in [0.25, 0.3) is 0 Å². The highest BCUT2D eigenvalue weighted by Gasteiger charge is 2.18. The van der Waals surface area contributed by atoms with E-state index >= 15 is 0 Å². The standard InChI is InChI=1S/C23H32N4O3S/c1-17-6-7-18(21(13-17)30-19-9-11-29-16-19)14-25-23(26-15-22(28)27(2)3)24-10-8-20-5-4-12-31-20/h4-7,12-13,19H,8-11,14-16H2,1-3H3,(H2,24,25,26). The molecule has 0 aliphatic carbocycles. The Labute approximate surface area is 188 Å². The van der Waals surface area contributed by atoms with E-state index < -0.39 is 0 Å². The molecule has 1 aromatic heterocycles. The summed E-state index contributed by atoms with van der Waals surface area (Å²) in [6, 6.07) is 10.3. The largest absolute Gasteiger partial charge is 0.488 e. The minimum absolute atomic E-state index is 0.00616. The van der Waals surface area contributed by atoms with Crippen LogP contribution in [0.5, 0.6) is 5.75 Å². The Bertz CT molecular complexity index is 862. The van der Waals surface area contributed by atoms with Crippen LogP contribution in [0.2, 0.25) is 0 Å². The number of ether oxygens (including phenoxy) is 2. The number of aryl methyl sites for hydroxylation is 1. The van der Waals surface area contributed by atoms with Crippen molar-refractivity contribution in [2.24, 2.45) is 4.99 Å². The zero-order valence-electron chi connectivity index (χ0n) is 18.5. The van der Waals surface area contributed by atoms with Gasteiger partial charge in [0, 0.05) is 37.5 Å². The number of nitrogens with one attached hydrogen (secondary N) is 2. The first-order valence-electron chi connectivity index (χ1n) is 10.6. The number of thiophene rings is 1. The van der Waals surface area contributed by atoms with E-state index in [1.54, 1.807) is 30.3 Å². The van der Waals surface area contributed by atoms with Crippen LogP contribution in [0.3, 0.4) is 0 Å². The molecule has 3 rings (SSSR count). The molecule has 2 N–H and O–H groups in total. The second kappa shape index (κ2) is 11.7. The number of hydrogen-bond acceptors (Lipinski definition) is 5. The van der Waals surface area contributed by atoms with Crippen LogP contribution in [0, 0.1) is 6.92 Å². The molecule has 1 aliphatic rings. The van der Waals surface area contributed by atoms with Crippen LogP contribution in [0.1, 0.15) is 22.4 Å². The molecule has 1 fully saturated rings. The van der Waals surface area contributed by atoms with Gasteiger partial charge >= 0.3 is 0 Å². The highest BCUT2D eigenvalue weighted by atomic mass is 32.1. The van der Waals surface area contributed by atoms with Crippen molar-refractivity contribution in [3.8, 4) is 5.75 Å². The SMILES string of the molecule is Cc1ccc(CN=C(NCCc2cccs2)NCC(=O)N(C)C)c(OC2CCOC2)c1. The average Bonchev–Trinajstić information content (AvgIpc) is 3.44. The van der Waals surface area contributed by atoms with Gasteiger partial charge in [-0.1, -0.05) is 18.2 Å². The second-order valence-corrected chi connectivity index (χ2v) is 8.81. The van der Waals surface area contributed by atoms with E-state index in [2.05, 4.69) is 53.3 Å². The van der Waals surface area contributed by atoms with E-state index in [1.807, 2.05) is 0 Å². The molecule has 1 saturated heterocycles. The molecular weight excluding hydrogens is 412 g/mol. The molecule has 7 nitrogen and oxygen atoms in total. The molecule has 168 valence electrons. The Morgan fingerprint density at radius 2 is 2.19 bits per heavy atom. The lowest BCUT2D eigenvalue weighted by Crippen LogP contribution is -2.43. The van der Waals surface area contributed by atoms with Crippen molar-refractivity contribution in [1.29, 1.82) is 0 Å². The normalized spacial score (nSPS) is 16.2. The fraction of sp³-hybridized carbons (Fsp3) is 0.478. The molecule has 1 unspecified atom stereocenters. The number of rotatable bonds is 9. The van der Waals surface area contributed by atoms with Crippen molar-refractivity contribution in [3.63, 3.8) is 0 Å². The summed E-state index contributed by atoms with van der Waals surface area (Å²) in [5, 5.41) is 8.56. The van der Waals surface area contributed by atoms with Crippen LogP contribution in [0.25, 0.3) is 0 Å². The van der Waals surface area contributed by atoms with E-state index in [4.69, 9.17) is 14.5 Å². The van der Waals surface area contributed by atoms with Crippen molar-refractivity contribution in [1.82, 2.24) is 15.5 Å². The van der Waals surface area contributed by atoms with Crippen LogP contribution < -0.4 is 15.4 Å². The molecule has 2 heterocycles. The zero-order chi connectivity index (χ0) is 22.1. The topological polar surface area (TPSA) is 75.2 Å². The minimum atomic E-state index is -0.00616. The monoisotopic (exact) mass is 444 g/mol. The van der Waals surface area contributed by atoms with E-state index in [1.165, 1.54) is 4.88 Å². The number of aliphatic imine (C=N–C) groups is 1. The first-order valence-corrected chi connectivity index (χ1v) is 11.5. The average molecular weight is 445 g/mol. The maximum Gasteiger partial charge on any atom is 0.241 e. The number of nitrogens with zero attached hydrogens (tertiary/aromatic N) is 2. The van der Waals surface area contributed by atoms with E-state index in [0.29, 0.717) is 19.1 Å². The Morgan fingerprint density at radius 3 is 2.90 bits per heavy atom. The lowest BCUT2D eigenvalue weighted by Gasteiger charge is -2.17. The first kappa shape index (κ1) is 23.1. The van der Waals surface area contributed by atoms with Crippen molar-refractivity contribution in [2.75, 3.05) is 40.4 Å². The van der Waals surface area contributed by atoms with Gasteiger partial charge in [0.2, 0.25) is 5.91 Å². The number of carbonyl (C=O) groups is 1. The highest BCUT2D eigenvalue weighted by Crippen LogP contribution is 2.24. The van der Waals surface area contributed by atoms with Crippen LogP contribution in [-0.4, -0.2) is 63.3 Å². The predicted molar refractivity (Wildman–Crippen MR) is 125 cm³/mol.